The molecular formula is C34H44N10Na2O6. The van der Waals surface area contributed by atoms with Crippen LogP contribution in [0.4, 0.5) is 23.3 Å². The molecule has 0 aliphatic heterocycles. The molecule has 0 amide bonds. The predicted octanol–water partition coefficient (Wildman–Crippen LogP) is -3.29. The van der Waals surface area contributed by atoms with E-state index < -0.39 is 23.1 Å². The van der Waals surface area contributed by atoms with Crippen LogP contribution in [0.3, 0.4) is 0 Å². The summed E-state index contributed by atoms with van der Waals surface area (Å²) in [4.78, 5) is 41.0. The second kappa shape index (κ2) is 18.9. The van der Waals surface area contributed by atoms with Gasteiger partial charge in [0.05, 0.1) is 11.9 Å². The van der Waals surface area contributed by atoms with E-state index in [0.29, 0.717) is 74.6 Å². The number of rotatable bonds is 10. The van der Waals surface area contributed by atoms with Gasteiger partial charge in [-0.3, -0.25) is 10.2 Å². The molecule has 0 unspecified atom stereocenters. The van der Waals surface area contributed by atoms with Gasteiger partial charge in [0.2, 0.25) is 0 Å². The van der Waals surface area contributed by atoms with Crippen molar-refractivity contribution in [3.63, 3.8) is 0 Å². The Morgan fingerprint density at radius 1 is 0.635 bits per heavy atom. The van der Waals surface area contributed by atoms with Gasteiger partial charge < -0.3 is 39.9 Å². The molecule has 268 valence electrons. The number of carbonyl (C=O) groups excluding carboxylic acids is 2. The van der Waals surface area contributed by atoms with E-state index in [0.717, 1.165) is 34.4 Å². The number of ether oxygens (including phenoxy) is 2. The van der Waals surface area contributed by atoms with Gasteiger partial charge >= 0.3 is 59.1 Å². The number of aromatic nitrogens is 8. The molecule has 4 aromatic rings. The van der Waals surface area contributed by atoms with Crippen LogP contribution in [0.15, 0.2) is 24.3 Å². The molecule has 4 N–H and O–H groups in total. The van der Waals surface area contributed by atoms with Crippen LogP contribution in [0.1, 0.15) is 97.6 Å². The summed E-state index contributed by atoms with van der Waals surface area (Å²) in [6, 6.07) is 7.50. The van der Waals surface area contributed by atoms with Crippen molar-refractivity contribution in [2.75, 3.05) is 24.9 Å². The molecule has 2 saturated carbocycles. The maximum Gasteiger partial charge on any atom is 1.00 e. The molecule has 0 aromatic carbocycles. The standard InChI is InChI=1S/2C17H23N5O3.2Na/c2*1-10-8-13(19-14-9-11(2)21-22-14)20-15(18-10)12-4-6-17(25-3,7-5-12)16(23)24;;/h2*8-9,12H,4-7H2,1-3H3,(H,23,24)(H2,18,19,20,21,22);;/q;;2*+1/p-2. The first kappa shape index (κ1) is 43.4. The summed E-state index contributed by atoms with van der Waals surface area (Å²) in [5.41, 5.74) is 1.24. The van der Waals surface area contributed by atoms with Crippen molar-refractivity contribution < 1.29 is 88.4 Å². The van der Waals surface area contributed by atoms with E-state index in [1.807, 2.05) is 52.0 Å². The molecule has 0 radical (unpaired) electrons. The van der Waals surface area contributed by atoms with Gasteiger partial charge in [0.1, 0.15) is 34.5 Å². The predicted molar refractivity (Wildman–Crippen MR) is 179 cm³/mol. The summed E-state index contributed by atoms with van der Waals surface area (Å²) in [5, 5.41) is 43.1. The number of hydrogen-bond donors (Lipinski definition) is 4. The van der Waals surface area contributed by atoms with Crippen LogP contribution in [0.2, 0.25) is 0 Å². The normalized spacial score (nSPS) is 22.5. The minimum atomic E-state index is -1.19. The number of nitrogens with one attached hydrogen (secondary N) is 4. The summed E-state index contributed by atoms with van der Waals surface area (Å²) in [6.07, 6.45) is 4.17. The van der Waals surface area contributed by atoms with Gasteiger partial charge in [-0.05, 0) is 79.1 Å². The van der Waals surface area contributed by atoms with Crippen molar-refractivity contribution >= 4 is 35.2 Å². The number of carboxylic acids is 2. The number of anilines is 4. The Kier molecular flexibility index (Phi) is 15.8. The fraction of sp³-hybridized carbons (Fsp3) is 0.529. The topological polar surface area (TPSA) is 232 Å². The molecule has 4 heterocycles. The molecule has 18 heteroatoms. The second-order valence-electron chi connectivity index (χ2n) is 13.1. The molecule has 0 atom stereocenters. The number of hydrogen-bond acceptors (Lipinski definition) is 14. The fourth-order valence-electron chi connectivity index (χ4n) is 6.57. The number of aryl methyl sites for hydroxylation is 4. The Labute approximate surface area is 347 Å². The Balaban J connectivity index is 0.000000270. The smallest absolute Gasteiger partial charge is 0.547 e. The zero-order valence-electron chi connectivity index (χ0n) is 31.3. The summed E-state index contributed by atoms with van der Waals surface area (Å²) < 4.78 is 10.5. The SMILES string of the molecule is COC1(C(=O)[O-])CCC(c2nc(C)cc(Nc3cc(C)[nH]n3)n2)CC1.COC1(C(=O)[O-])CCC(c2nc(C)cc(Nc3cc(C)[nH]n3)n2)CC1.[Na+].[Na+]. The van der Waals surface area contributed by atoms with Crippen molar-refractivity contribution in [3.05, 3.63) is 58.7 Å². The Hall–Kier alpha value is -2.96. The number of methoxy groups -OCH3 is 2. The van der Waals surface area contributed by atoms with E-state index in [2.05, 4.69) is 51.0 Å². The van der Waals surface area contributed by atoms with E-state index in [1.165, 1.54) is 14.2 Å². The van der Waals surface area contributed by atoms with Crippen LogP contribution in [-0.4, -0.2) is 77.7 Å². The molecule has 6 rings (SSSR count). The summed E-state index contributed by atoms with van der Waals surface area (Å²) in [6.45, 7) is 7.68. The van der Waals surface area contributed by atoms with E-state index in [9.17, 15) is 19.8 Å². The van der Waals surface area contributed by atoms with Crippen molar-refractivity contribution in [2.24, 2.45) is 0 Å². The van der Waals surface area contributed by atoms with Crippen molar-refractivity contribution in [3.8, 4) is 0 Å². The van der Waals surface area contributed by atoms with Crippen LogP contribution >= 0.6 is 0 Å². The maximum absolute atomic E-state index is 11.4. The van der Waals surface area contributed by atoms with Crippen molar-refractivity contribution in [1.29, 1.82) is 0 Å². The molecule has 16 nitrogen and oxygen atoms in total. The third-order valence-corrected chi connectivity index (χ3v) is 9.51. The summed E-state index contributed by atoms with van der Waals surface area (Å²) in [7, 11) is 2.85. The van der Waals surface area contributed by atoms with E-state index in [-0.39, 0.29) is 71.0 Å². The first-order valence-electron chi connectivity index (χ1n) is 16.7. The van der Waals surface area contributed by atoms with Gasteiger partial charge in [-0.1, -0.05) is 0 Å². The van der Waals surface area contributed by atoms with Crippen LogP contribution in [0.25, 0.3) is 0 Å². The molecule has 2 fully saturated rings. The first-order valence-corrected chi connectivity index (χ1v) is 16.7. The summed E-state index contributed by atoms with van der Waals surface area (Å²) in [5.74, 6) is 2.10. The summed E-state index contributed by atoms with van der Waals surface area (Å²) >= 11 is 0. The third-order valence-electron chi connectivity index (χ3n) is 9.51. The average Bonchev–Trinajstić information content (AvgIpc) is 3.70. The van der Waals surface area contributed by atoms with Crippen LogP contribution in [0, 0.1) is 27.7 Å². The largest absolute Gasteiger partial charge is 1.00 e. The molecule has 52 heavy (non-hydrogen) atoms. The van der Waals surface area contributed by atoms with Gasteiger partial charge in [0, 0.05) is 73.1 Å². The Morgan fingerprint density at radius 2 is 0.981 bits per heavy atom. The molecular weight excluding hydrogens is 690 g/mol. The Bertz CT molecular complexity index is 1670. The van der Waals surface area contributed by atoms with E-state index in [4.69, 9.17) is 9.47 Å². The monoisotopic (exact) mass is 734 g/mol. The average molecular weight is 735 g/mol. The van der Waals surface area contributed by atoms with E-state index in [1.54, 1.807) is 0 Å². The van der Waals surface area contributed by atoms with Crippen LogP contribution in [-0.2, 0) is 19.1 Å². The van der Waals surface area contributed by atoms with E-state index >= 15 is 0 Å². The first-order chi connectivity index (χ1) is 23.8. The molecule has 0 bridgehead atoms. The quantitative estimate of drug-likeness (QED) is 0.117. The minimum Gasteiger partial charge on any atom is -0.547 e. The molecule has 0 saturated heterocycles. The van der Waals surface area contributed by atoms with Gasteiger partial charge in [-0.2, -0.15) is 10.2 Å². The van der Waals surface area contributed by atoms with Gasteiger partial charge in [0.25, 0.3) is 0 Å². The second-order valence-corrected chi connectivity index (χ2v) is 13.1. The number of aliphatic carboxylic acids is 2. The van der Waals surface area contributed by atoms with Gasteiger partial charge in [-0.25, -0.2) is 19.9 Å². The zero-order chi connectivity index (χ0) is 36.1. The molecule has 2 aliphatic rings. The van der Waals surface area contributed by atoms with Crippen molar-refractivity contribution in [1.82, 2.24) is 40.3 Å². The van der Waals surface area contributed by atoms with Gasteiger partial charge in [0.15, 0.2) is 11.6 Å². The number of H-pyrrole nitrogens is 2. The number of carbonyl (C=O) groups is 2. The third kappa shape index (κ3) is 10.6. The molecule has 0 spiro atoms. The maximum atomic E-state index is 11.4. The van der Waals surface area contributed by atoms with Crippen LogP contribution < -0.4 is 80.0 Å². The zero-order valence-corrected chi connectivity index (χ0v) is 35.3. The molecule has 2 aliphatic carbocycles. The minimum absolute atomic E-state index is 0. The van der Waals surface area contributed by atoms with Crippen molar-refractivity contribution in [2.45, 2.75) is 102 Å². The number of carboxylic acid groups (broad SMARTS) is 2. The Morgan fingerprint density at radius 3 is 1.25 bits per heavy atom. The fourth-order valence-corrected chi connectivity index (χ4v) is 6.57. The van der Waals surface area contributed by atoms with Crippen LogP contribution in [0.5, 0.6) is 0 Å². The molecule has 4 aromatic heterocycles. The number of nitrogens with zero attached hydrogens (tertiary/aromatic N) is 6. The number of aromatic amines is 2. The van der Waals surface area contributed by atoms with Gasteiger partial charge in [-0.15, -0.1) is 0 Å².